The first-order chi connectivity index (χ1) is 17.0. The number of morpholine rings is 1. The molecule has 1 aromatic carbocycles. The summed E-state index contributed by atoms with van der Waals surface area (Å²) in [7, 11) is 1.53. The van der Waals surface area contributed by atoms with Gasteiger partial charge >= 0.3 is 0 Å². The topological polar surface area (TPSA) is 102 Å². The van der Waals surface area contributed by atoms with Crippen molar-refractivity contribution in [1.82, 2.24) is 9.80 Å². The lowest BCUT2D eigenvalue weighted by Crippen LogP contribution is -2.43. The van der Waals surface area contributed by atoms with E-state index in [9.17, 15) is 14.7 Å². The maximum absolute atomic E-state index is 13.2. The van der Waals surface area contributed by atoms with Crippen molar-refractivity contribution in [2.75, 3.05) is 53.1 Å². The molecule has 1 N–H and O–H groups in total. The second-order valence-corrected chi connectivity index (χ2v) is 8.17. The minimum atomic E-state index is -0.776. The van der Waals surface area contributed by atoms with Crippen molar-refractivity contribution in [2.45, 2.75) is 13.0 Å². The number of furan rings is 1. The normalized spacial score (nSPS) is 19.1. The second kappa shape index (κ2) is 11.2. The van der Waals surface area contributed by atoms with Gasteiger partial charge in [-0.15, -0.1) is 0 Å². The van der Waals surface area contributed by atoms with Crippen molar-refractivity contribution in [2.24, 2.45) is 0 Å². The van der Waals surface area contributed by atoms with Gasteiger partial charge in [0.05, 0.1) is 44.8 Å². The molecule has 2 aromatic rings. The average molecular weight is 483 g/mol. The Morgan fingerprint density at radius 1 is 1.20 bits per heavy atom. The third kappa shape index (κ3) is 5.41. The highest BCUT2D eigenvalue weighted by Crippen LogP contribution is 2.41. The Labute approximate surface area is 204 Å². The van der Waals surface area contributed by atoms with Crippen LogP contribution in [0, 0.1) is 0 Å². The van der Waals surface area contributed by atoms with Crippen LogP contribution in [0.15, 0.2) is 58.4 Å². The third-order valence-corrected chi connectivity index (χ3v) is 6.08. The summed E-state index contributed by atoms with van der Waals surface area (Å²) in [6, 6.07) is 7.92. The zero-order valence-electron chi connectivity index (χ0n) is 19.9. The number of ether oxygens (including phenoxy) is 3. The Hall–Kier alpha value is -3.56. The number of carbonyl (C=O) groups is 2. The van der Waals surface area contributed by atoms with E-state index in [1.807, 2.05) is 6.92 Å². The molecule has 0 saturated carbocycles. The van der Waals surface area contributed by atoms with Gasteiger partial charge in [0, 0.05) is 26.2 Å². The van der Waals surface area contributed by atoms with Crippen LogP contribution in [0.5, 0.6) is 11.5 Å². The van der Waals surface area contributed by atoms with Crippen LogP contribution in [0.25, 0.3) is 6.08 Å². The summed E-state index contributed by atoms with van der Waals surface area (Å²) in [6.45, 7) is 6.07. The molecule has 2 aliphatic rings. The van der Waals surface area contributed by atoms with Crippen molar-refractivity contribution in [3.05, 3.63) is 65.3 Å². The van der Waals surface area contributed by atoms with Gasteiger partial charge in [0.15, 0.2) is 23.0 Å². The van der Waals surface area contributed by atoms with Gasteiger partial charge in [-0.2, -0.15) is 0 Å². The molecule has 35 heavy (non-hydrogen) atoms. The highest BCUT2D eigenvalue weighted by molar-refractivity contribution is 6.14. The number of amides is 1. The molecule has 0 radical (unpaired) electrons. The molecule has 9 heteroatoms. The van der Waals surface area contributed by atoms with E-state index in [-0.39, 0.29) is 5.57 Å². The van der Waals surface area contributed by atoms with Gasteiger partial charge in [0.1, 0.15) is 5.76 Å². The minimum absolute atomic E-state index is 0.0194. The maximum atomic E-state index is 13.2. The van der Waals surface area contributed by atoms with Gasteiger partial charge in [-0.05, 0) is 48.9 Å². The van der Waals surface area contributed by atoms with E-state index in [0.29, 0.717) is 55.7 Å². The Kier molecular flexibility index (Phi) is 7.89. The van der Waals surface area contributed by atoms with Crippen LogP contribution in [0.1, 0.15) is 24.3 Å². The van der Waals surface area contributed by atoms with E-state index >= 15 is 0 Å². The fourth-order valence-electron chi connectivity index (χ4n) is 4.32. The van der Waals surface area contributed by atoms with Crippen LogP contribution in [0.3, 0.4) is 0 Å². The zero-order chi connectivity index (χ0) is 24.8. The number of nitrogens with zero attached hydrogens (tertiary/aromatic N) is 2. The number of rotatable bonds is 10. The number of ketones is 1. The SMILES string of the molecule is CCOc1ccc([C@@H]2C(C(=O)/C=C/c3ccco3)=C(O)C(=O)N2CCN2CCOCC2)cc1OC. The quantitative estimate of drug-likeness (QED) is 0.516. The summed E-state index contributed by atoms with van der Waals surface area (Å²) < 4.78 is 21.8. The van der Waals surface area contributed by atoms with E-state index in [1.54, 1.807) is 30.3 Å². The molecule has 1 amide bonds. The van der Waals surface area contributed by atoms with E-state index < -0.39 is 23.5 Å². The van der Waals surface area contributed by atoms with Crippen molar-refractivity contribution >= 4 is 17.8 Å². The molecule has 0 aliphatic carbocycles. The predicted octanol–water partition coefficient (Wildman–Crippen LogP) is 3.00. The number of carbonyl (C=O) groups excluding carboxylic acids is 2. The van der Waals surface area contributed by atoms with Gasteiger partial charge in [-0.25, -0.2) is 0 Å². The molecule has 186 valence electrons. The van der Waals surface area contributed by atoms with Crippen molar-refractivity contribution < 1.29 is 33.3 Å². The molecule has 0 unspecified atom stereocenters. The number of hydrogen-bond acceptors (Lipinski definition) is 8. The van der Waals surface area contributed by atoms with E-state index in [0.717, 1.165) is 13.1 Å². The monoisotopic (exact) mass is 482 g/mol. The van der Waals surface area contributed by atoms with Crippen molar-refractivity contribution in [3.8, 4) is 11.5 Å². The van der Waals surface area contributed by atoms with Gasteiger partial charge in [0.25, 0.3) is 5.91 Å². The molecule has 3 heterocycles. The highest BCUT2D eigenvalue weighted by atomic mass is 16.5. The molecule has 0 bridgehead atoms. The molecule has 1 saturated heterocycles. The summed E-state index contributed by atoms with van der Waals surface area (Å²) in [5.74, 6) is -0.0639. The number of hydrogen-bond donors (Lipinski definition) is 1. The fourth-order valence-corrected chi connectivity index (χ4v) is 4.32. The number of benzene rings is 1. The average Bonchev–Trinajstić information content (AvgIpc) is 3.49. The molecular formula is C26H30N2O7. The minimum Gasteiger partial charge on any atom is -0.503 e. The van der Waals surface area contributed by atoms with Crippen molar-refractivity contribution in [3.63, 3.8) is 0 Å². The Balaban J connectivity index is 1.67. The molecule has 2 aliphatic heterocycles. The molecule has 1 aromatic heterocycles. The molecule has 9 nitrogen and oxygen atoms in total. The standard InChI is InChI=1S/C26H30N2O7/c1-3-34-21-9-6-18(17-22(21)32-2)24-23(20(29)8-7-19-5-4-14-35-19)25(30)26(31)28(24)11-10-27-12-15-33-16-13-27/h4-9,14,17,24,30H,3,10-13,15-16H2,1-2H3/b8-7+/t24-/m1/s1. The van der Waals surface area contributed by atoms with Crippen LogP contribution in [0.2, 0.25) is 0 Å². The molecule has 1 fully saturated rings. The third-order valence-electron chi connectivity index (χ3n) is 6.08. The number of aliphatic hydroxyl groups is 1. The van der Waals surface area contributed by atoms with Crippen LogP contribution >= 0.6 is 0 Å². The Morgan fingerprint density at radius 2 is 2.00 bits per heavy atom. The summed E-state index contributed by atoms with van der Waals surface area (Å²) in [5.41, 5.74) is 0.658. The highest BCUT2D eigenvalue weighted by Gasteiger charge is 2.43. The zero-order valence-corrected chi connectivity index (χ0v) is 19.9. The number of allylic oxidation sites excluding steroid dienone is 1. The first-order valence-corrected chi connectivity index (χ1v) is 11.6. The molecule has 0 spiro atoms. The van der Waals surface area contributed by atoms with Gasteiger partial charge in [0.2, 0.25) is 0 Å². The smallest absolute Gasteiger partial charge is 0.290 e. The first kappa shape index (κ1) is 24.6. The van der Waals surface area contributed by atoms with Gasteiger partial charge < -0.3 is 28.6 Å². The lowest BCUT2D eigenvalue weighted by Gasteiger charge is -2.31. The van der Waals surface area contributed by atoms with Crippen molar-refractivity contribution in [1.29, 1.82) is 0 Å². The Bertz CT molecular complexity index is 1100. The lowest BCUT2D eigenvalue weighted by atomic mass is 9.95. The van der Waals surface area contributed by atoms with E-state index in [1.165, 1.54) is 30.4 Å². The lowest BCUT2D eigenvalue weighted by molar-refractivity contribution is -0.129. The van der Waals surface area contributed by atoms with Crippen LogP contribution < -0.4 is 9.47 Å². The molecule has 1 atom stereocenters. The second-order valence-electron chi connectivity index (χ2n) is 8.17. The van der Waals surface area contributed by atoms with Crippen LogP contribution in [0.4, 0.5) is 0 Å². The largest absolute Gasteiger partial charge is 0.503 e. The van der Waals surface area contributed by atoms with Crippen LogP contribution in [-0.2, 0) is 14.3 Å². The Morgan fingerprint density at radius 3 is 2.69 bits per heavy atom. The molecule has 4 rings (SSSR count). The van der Waals surface area contributed by atoms with Crippen LogP contribution in [-0.4, -0.2) is 79.7 Å². The number of aliphatic hydroxyl groups excluding tert-OH is 1. The van der Waals surface area contributed by atoms with E-state index in [4.69, 9.17) is 18.6 Å². The summed E-state index contributed by atoms with van der Waals surface area (Å²) in [4.78, 5) is 30.1. The summed E-state index contributed by atoms with van der Waals surface area (Å²) in [5, 5.41) is 10.8. The first-order valence-electron chi connectivity index (χ1n) is 11.6. The predicted molar refractivity (Wildman–Crippen MR) is 128 cm³/mol. The van der Waals surface area contributed by atoms with Gasteiger partial charge in [-0.3, -0.25) is 14.5 Å². The van der Waals surface area contributed by atoms with E-state index in [2.05, 4.69) is 4.90 Å². The number of methoxy groups -OCH3 is 1. The maximum Gasteiger partial charge on any atom is 0.290 e. The summed E-state index contributed by atoms with van der Waals surface area (Å²) in [6.07, 6.45) is 4.32. The summed E-state index contributed by atoms with van der Waals surface area (Å²) >= 11 is 0. The van der Waals surface area contributed by atoms with Gasteiger partial charge in [-0.1, -0.05) is 6.07 Å². The fraction of sp³-hybridized carbons (Fsp3) is 0.385. The molecular weight excluding hydrogens is 452 g/mol.